The molecule has 0 spiro atoms. The fourth-order valence-electron chi connectivity index (χ4n) is 4.29. The van der Waals surface area contributed by atoms with Gasteiger partial charge >= 0.3 is 0 Å². The number of ether oxygens (including phenoxy) is 3. The first kappa shape index (κ1) is 26.0. The van der Waals surface area contributed by atoms with Crippen molar-refractivity contribution in [2.75, 3.05) is 44.9 Å². The van der Waals surface area contributed by atoms with Crippen molar-refractivity contribution in [1.29, 1.82) is 0 Å². The maximum absolute atomic E-state index is 12.1. The van der Waals surface area contributed by atoms with Gasteiger partial charge in [0, 0.05) is 37.8 Å². The summed E-state index contributed by atoms with van der Waals surface area (Å²) < 4.78 is 16.6. The van der Waals surface area contributed by atoms with Crippen LogP contribution in [-0.4, -0.2) is 55.5 Å². The highest BCUT2D eigenvalue weighted by atomic mass is 32.1. The van der Waals surface area contributed by atoms with E-state index in [1.54, 1.807) is 0 Å². The summed E-state index contributed by atoms with van der Waals surface area (Å²) in [6.45, 7) is 5.39. The first-order valence-electron chi connectivity index (χ1n) is 12.8. The number of benzene rings is 2. The lowest BCUT2D eigenvalue weighted by atomic mass is 10.1. The number of hydrogen-bond acceptors (Lipinski definition) is 6. The number of rotatable bonds is 12. The second-order valence-corrected chi connectivity index (χ2v) is 9.50. The fourth-order valence-corrected chi connectivity index (χ4v) is 4.51. The molecule has 9 heteroatoms. The lowest BCUT2D eigenvalue weighted by Gasteiger charge is -2.26. The number of carbonyl (C=O) groups excluding carboxylic acids is 1. The molecule has 194 valence electrons. The number of anilines is 1. The molecular formula is C27H36N4O4S. The Bertz CT molecular complexity index is 1010. The summed E-state index contributed by atoms with van der Waals surface area (Å²) >= 11 is 5.32. The quantitative estimate of drug-likeness (QED) is 0.290. The van der Waals surface area contributed by atoms with Crippen LogP contribution in [0.4, 0.5) is 5.69 Å². The molecule has 1 amide bonds. The van der Waals surface area contributed by atoms with Gasteiger partial charge in [0.15, 0.2) is 16.6 Å². The van der Waals surface area contributed by atoms with Crippen LogP contribution in [0.1, 0.15) is 44.1 Å². The summed E-state index contributed by atoms with van der Waals surface area (Å²) in [6.07, 6.45) is 5.84. The molecule has 0 aromatic heterocycles. The van der Waals surface area contributed by atoms with Gasteiger partial charge in [-0.2, -0.15) is 0 Å². The highest BCUT2D eigenvalue weighted by Gasteiger charge is 2.13. The molecule has 1 saturated heterocycles. The number of fused-ring (bicyclic) bond motifs is 1. The molecule has 2 aromatic rings. The van der Waals surface area contributed by atoms with Crippen molar-refractivity contribution in [1.82, 2.24) is 15.5 Å². The third-order valence-electron chi connectivity index (χ3n) is 6.16. The van der Waals surface area contributed by atoms with Crippen LogP contribution in [-0.2, 0) is 11.3 Å². The van der Waals surface area contributed by atoms with Crippen molar-refractivity contribution in [3.63, 3.8) is 0 Å². The van der Waals surface area contributed by atoms with Gasteiger partial charge in [-0.3, -0.25) is 9.69 Å². The maximum atomic E-state index is 12.1. The first-order chi connectivity index (χ1) is 17.7. The van der Waals surface area contributed by atoms with E-state index in [1.165, 1.54) is 37.9 Å². The van der Waals surface area contributed by atoms with E-state index < -0.39 is 0 Å². The molecule has 1 fully saturated rings. The zero-order valence-electron chi connectivity index (χ0n) is 20.7. The van der Waals surface area contributed by atoms with E-state index in [4.69, 9.17) is 26.4 Å². The SMILES string of the molecule is O=C(CCCNC(=S)Nc1ccc2c(c1)OCO2)NCCCOc1cccc(CN2CCCCC2)c1. The molecule has 4 rings (SSSR count). The number of amides is 1. The number of thiocarbonyl (C=S) groups is 1. The molecule has 0 radical (unpaired) electrons. The third-order valence-corrected chi connectivity index (χ3v) is 6.41. The molecule has 0 saturated carbocycles. The lowest BCUT2D eigenvalue weighted by molar-refractivity contribution is -0.121. The Hall–Kier alpha value is -3.04. The van der Waals surface area contributed by atoms with Crippen molar-refractivity contribution in [2.24, 2.45) is 0 Å². The second-order valence-electron chi connectivity index (χ2n) is 9.09. The molecule has 2 aliphatic rings. The molecule has 0 bridgehead atoms. The van der Waals surface area contributed by atoms with E-state index >= 15 is 0 Å². The molecule has 0 atom stereocenters. The number of nitrogens with one attached hydrogen (secondary N) is 3. The van der Waals surface area contributed by atoms with Crippen molar-refractivity contribution in [3.8, 4) is 17.2 Å². The molecular weight excluding hydrogens is 476 g/mol. The Kier molecular flexibility index (Phi) is 10.0. The average Bonchev–Trinajstić information content (AvgIpc) is 3.35. The monoisotopic (exact) mass is 512 g/mol. The van der Waals surface area contributed by atoms with Gasteiger partial charge in [-0.05, 0) is 80.8 Å². The minimum atomic E-state index is 0.0370. The van der Waals surface area contributed by atoms with Crippen LogP contribution in [0, 0.1) is 0 Å². The molecule has 3 N–H and O–H groups in total. The lowest BCUT2D eigenvalue weighted by Crippen LogP contribution is -2.31. The third kappa shape index (κ3) is 8.57. The van der Waals surface area contributed by atoms with Gasteiger partial charge in [0.05, 0.1) is 6.61 Å². The van der Waals surface area contributed by atoms with Crippen molar-refractivity contribution in [3.05, 3.63) is 48.0 Å². The Morgan fingerprint density at radius 3 is 2.69 bits per heavy atom. The van der Waals surface area contributed by atoms with Gasteiger partial charge in [0.25, 0.3) is 0 Å². The largest absolute Gasteiger partial charge is 0.494 e. The highest BCUT2D eigenvalue weighted by Crippen LogP contribution is 2.34. The normalized spacial score (nSPS) is 14.8. The number of piperidine rings is 1. The van der Waals surface area contributed by atoms with E-state index in [9.17, 15) is 4.79 Å². The molecule has 2 aromatic carbocycles. The van der Waals surface area contributed by atoms with Crippen LogP contribution in [0.3, 0.4) is 0 Å². The van der Waals surface area contributed by atoms with E-state index in [2.05, 4.69) is 39.0 Å². The zero-order chi connectivity index (χ0) is 25.0. The Morgan fingerprint density at radius 2 is 1.81 bits per heavy atom. The molecule has 2 aliphatic heterocycles. The van der Waals surface area contributed by atoms with Crippen LogP contribution < -0.4 is 30.2 Å². The summed E-state index contributed by atoms with van der Waals surface area (Å²) in [4.78, 5) is 14.6. The number of carbonyl (C=O) groups is 1. The number of likely N-dealkylation sites (tertiary alicyclic amines) is 1. The van der Waals surface area contributed by atoms with E-state index in [-0.39, 0.29) is 12.7 Å². The topological polar surface area (TPSA) is 84.1 Å². The number of hydrogen-bond donors (Lipinski definition) is 3. The Morgan fingerprint density at radius 1 is 0.972 bits per heavy atom. The van der Waals surface area contributed by atoms with Gasteiger partial charge in [-0.1, -0.05) is 18.6 Å². The van der Waals surface area contributed by atoms with E-state index in [0.717, 1.165) is 30.2 Å². The van der Waals surface area contributed by atoms with Crippen LogP contribution in [0.15, 0.2) is 42.5 Å². The average molecular weight is 513 g/mol. The zero-order valence-corrected chi connectivity index (χ0v) is 21.5. The minimum Gasteiger partial charge on any atom is -0.494 e. The van der Waals surface area contributed by atoms with Crippen LogP contribution in [0.25, 0.3) is 0 Å². The first-order valence-corrected chi connectivity index (χ1v) is 13.2. The fraction of sp³-hybridized carbons (Fsp3) is 0.481. The predicted molar refractivity (Wildman–Crippen MR) is 145 cm³/mol. The van der Waals surface area contributed by atoms with Crippen LogP contribution >= 0.6 is 12.2 Å². The van der Waals surface area contributed by atoms with Crippen LogP contribution in [0.5, 0.6) is 17.2 Å². The molecule has 0 aliphatic carbocycles. The summed E-state index contributed by atoms with van der Waals surface area (Å²) in [6, 6.07) is 13.9. The Balaban J connectivity index is 1.02. The molecule has 0 unspecified atom stereocenters. The van der Waals surface area contributed by atoms with Gasteiger partial charge in [-0.15, -0.1) is 0 Å². The van der Waals surface area contributed by atoms with Gasteiger partial charge in [0.2, 0.25) is 12.7 Å². The van der Waals surface area contributed by atoms with Crippen molar-refractivity contribution < 1.29 is 19.0 Å². The van der Waals surface area contributed by atoms with Gasteiger partial charge in [-0.25, -0.2) is 0 Å². The van der Waals surface area contributed by atoms with E-state index in [0.29, 0.717) is 43.4 Å². The van der Waals surface area contributed by atoms with Gasteiger partial charge < -0.3 is 30.2 Å². The van der Waals surface area contributed by atoms with Crippen LogP contribution in [0.2, 0.25) is 0 Å². The molecule has 2 heterocycles. The Labute approximate surface area is 218 Å². The number of nitrogens with zero attached hydrogens (tertiary/aromatic N) is 1. The summed E-state index contributed by atoms with van der Waals surface area (Å²) in [5.74, 6) is 2.36. The summed E-state index contributed by atoms with van der Waals surface area (Å²) in [5.41, 5.74) is 2.12. The minimum absolute atomic E-state index is 0.0370. The summed E-state index contributed by atoms with van der Waals surface area (Å²) in [7, 11) is 0. The smallest absolute Gasteiger partial charge is 0.231 e. The standard InChI is InChI=1S/C27H36N4O4S/c32-26(9-5-12-29-27(36)30-22-10-11-24-25(18-22)35-20-34-24)28-13-6-16-33-23-8-4-7-21(17-23)19-31-14-2-1-3-15-31/h4,7-8,10-11,17-18H,1-3,5-6,9,12-16,19-20H2,(H,28,32)(H2,29,30,36). The molecule has 8 nitrogen and oxygen atoms in total. The summed E-state index contributed by atoms with van der Waals surface area (Å²) in [5, 5.41) is 9.70. The predicted octanol–water partition coefficient (Wildman–Crippen LogP) is 4.05. The van der Waals surface area contributed by atoms with E-state index in [1.807, 2.05) is 24.3 Å². The van der Waals surface area contributed by atoms with Gasteiger partial charge in [0.1, 0.15) is 5.75 Å². The van der Waals surface area contributed by atoms with Crippen molar-refractivity contribution >= 4 is 28.9 Å². The second kappa shape index (κ2) is 13.9. The highest BCUT2D eigenvalue weighted by molar-refractivity contribution is 7.80. The van der Waals surface area contributed by atoms with Crippen molar-refractivity contribution in [2.45, 2.75) is 45.1 Å². The maximum Gasteiger partial charge on any atom is 0.231 e. The molecule has 36 heavy (non-hydrogen) atoms.